The van der Waals surface area contributed by atoms with Crippen molar-refractivity contribution in [3.8, 4) is 0 Å². The summed E-state index contributed by atoms with van der Waals surface area (Å²) in [6.07, 6.45) is 0. The number of nitrogens with zero attached hydrogens (tertiary/aromatic N) is 4. The molecule has 0 bridgehead atoms. The Labute approximate surface area is 183 Å². The summed E-state index contributed by atoms with van der Waals surface area (Å²) in [5.74, 6) is -1.58. The summed E-state index contributed by atoms with van der Waals surface area (Å²) >= 11 is 0. The van der Waals surface area contributed by atoms with E-state index < -0.39 is 23.2 Å². The van der Waals surface area contributed by atoms with Crippen molar-refractivity contribution in [1.29, 1.82) is 0 Å². The van der Waals surface area contributed by atoms with E-state index in [1.165, 1.54) is 6.07 Å². The lowest BCUT2D eigenvalue weighted by Crippen LogP contribution is -2.46. The quantitative estimate of drug-likeness (QED) is 0.587. The molecule has 1 fully saturated rings. The number of halogens is 2. The average molecular weight is 442 g/mol. The molecule has 0 atom stereocenters. The van der Waals surface area contributed by atoms with Crippen molar-refractivity contribution in [1.82, 2.24) is 25.2 Å². The van der Waals surface area contributed by atoms with Gasteiger partial charge in [-0.15, -0.1) is 0 Å². The number of carbonyl (C=O) groups excluding carboxylic acids is 1. The normalized spacial score (nSPS) is 14.7. The number of hydrogen-bond acceptors (Lipinski definition) is 6. The largest absolute Gasteiger partial charge is 0.365 e. The first-order chi connectivity index (χ1) is 15.4. The number of hydrogen-bond donors (Lipinski definition) is 2. The fraction of sp³-hybridized carbons (Fsp3) is 0.364. The molecule has 10 heteroatoms. The molecule has 0 saturated carbocycles. The highest BCUT2D eigenvalue weighted by Gasteiger charge is 2.22. The van der Waals surface area contributed by atoms with E-state index in [-0.39, 0.29) is 11.2 Å². The maximum atomic E-state index is 15.0. The minimum atomic E-state index is -0.686. The number of rotatable bonds is 5. The number of anilines is 1. The third-order valence-electron chi connectivity index (χ3n) is 5.56. The Bertz CT molecular complexity index is 1220. The van der Waals surface area contributed by atoms with E-state index in [4.69, 9.17) is 0 Å². The molecule has 0 spiro atoms. The van der Waals surface area contributed by atoms with Gasteiger partial charge in [0.05, 0.1) is 11.2 Å². The Morgan fingerprint density at radius 1 is 1.12 bits per heavy atom. The Morgan fingerprint density at radius 2 is 1.88 bits per heavy atom. The number of fused-ring (bicyclic) bond motifs is 1. The van der Waals surface area contributed by atoms with Crippen molar-refractivity contribution in [2.24, 2.45) is 0 Å². The summed E-state index contributed by atoms with van der Waals surface area (Å²) in [4.78, 5) is 38.1. The third kappa shape index (κ3) is 4.31. The number of aromatic nitrogens is 3. The molecule has 1 saturated heterocycles. The molecule has 3 aromatic rings. The Hall–Kier alpha value is -3.40. The molecule has 2 N–H and O–H groups in total. The van der Waals surface area contributed by atoms with E-state index >= 15 is 0 Å². The van der Waals surface area contributed by atoms with Crippen LogP contribution in [-0.2, 0) is 6.54 Å². The lowest BCUT2D eigenvalue weighted by molar-refractivity contribution is 0.0949. The first-order valence-corrected chi connectivity index (χ1v) is 10.5. The van der Waals surface area contributed by atoms with Crippen molar-refractivity contribution in [2.45, 2.75) is 20.4 Å². The maximum Gasteiger partial charge on any atom is 0.269 e. The summed E-state index contributed by atoms with van der Waals surface area (Å²) in [5, 5.41) is 2.60. The van der Waals surface area contributed by atoms with Gasteiger partial charge in [0, 0.05) is 44.8 Å². The number of nitrogens with one attached hydrogen (secondary N) is 2. The first kappa shape index (κ1) is 21.8. The van der Waals surface area contributed by atoms with E-state index in [9.17, 15) is 18.4 Å². The maximum absolute atomic E-state index is 15.0. The van der Waals surface area contributed by atoms with Crippen molar-refractivity contribution >= 4 is 22.6 Å². The Kier molecular flexibility index (Phi) is 6.13. The number of amides is 1. The van der Waals surface area contributed by atoms with Gasteiger partial charge >= 0.3 is 0 Å². The van der Waals surface area contributed by atoms with Crippen LogP contribution in [0.3, 0.4) is 0 Å². The van der Waals surface area contributed by atoms with E-state index in [0.717, 1.165) is 0 Å². The van der Waals surface area contributed by atoms with Crippen LogP contribution in [0.4, 0.5) is 14.5 Å². The van der Waals surface area contributed by atoms with Crippen LogP contribution in [0.25, 0.3) is 11.0 Å². The van der Waals surface area contributed by atoms with Crippen LogP contribution in [0.5, 0.6) is 0 Å². The van der Waals surface area contributed by atoms with Gasteiger partial charge in [-0.2, -0.15) is 4.39 Å². The van der Waals surface area contributed by atoms with Crippen LogP contribution in [0.2, 0.25) is 0 Å². The van der Waals surface area contributed by atoms with Crippen molar-refractivity contribution in [3.63, 3.8) is 0 Å². The summed E-state index contributed by atoms with van der Waals surface area (Å²) < 4.78 is 29.5. The minimum Gasteiger partial charge on any atom is -0.365 e. The molecule has 3 heterocycles. The number of carbonyl (C=O) groups is 1. The highest BCUT2D eigenvalue weighted by molar-refractivity contribution is 5.92. The number of benzene rings is 1. The topological polar surface area (TPSA) is 94.2 Å². The third-order valence-corrected chi connectivity index (χ3v) is 5.56. The van der Waals surface area contributed by atoms with E-state index in [1.54, 1.807) is 32.0 Å². The van der Waals surface area contributed by atoms with E-state index in [1.807, 2.05) is 4.90 Å². The molecule has 168 valence electrons. The number of pyridine rings is 1. The molecule has 1 aromatic carbocycles. The van der Waals surface area contributed by atoms with Gasteiger partial charge in [0.1, 0.15) is 16.9 Å². The van der Waals surface area contributed by atoms with Crippen LogP contribution >= 0.6 is 0 Å². The molecule has 4 rings (SSSR count). The second kappa shape index (κ2) is 8.99. The Balaban J connectivity index is 1.43. The first-order valence-electron chi connectivity index (χ1n) is 10.5. The summed E-state index contributed by atoms with van der Waals surface area (Å²) in [6.45, 7) is 6.42. The van der Waals surface area contributed by atoms with Crippen molar-refractivity contribution < 1.29 is 13.6 Å². The van der Waals surface area contributed by atoms with E-state index in [2.05, 4.69) is 25.2 Å². The number of aryl methyl sites for hydroxylation is 1. The van der Waals surface area contributed by atoms with Crippen LogP contribution in [-0.4, -0.2) is 58.5 Å². The van der Waals surface area contributed by atoms with Gasteiger partial charge in [0.15, 0.2) is 5.82 Å². The zero-order chi connectivity index (χ0) is 22.8. The van der Waals surface area contributed by atoms with Gasteiger partial charge in [-0.1, -0.05) is 6.07 Å². The number of H-pyrrole nitrogens is 1. The monoisotopic (exact) mass is 442 g/mol. The summed E-state index contributed by atoms with van der Waals surface area (Å²) in [6, 6.07) is 6.45. The highest BCUT2D eigenvalue weighted by atomic mass is 19.1. The van der Waals surface area contributed by atoms with Gasteiger partial charge in [-0.25, -0.2) is 14.4 Å². The number of piperazine rings is 1. The van der Waals surface area contributed by atoms with Gasteiger partial charge in [-0.3, -0.25) is 14.5 Å². The van der Waals surface area contributed by atoms with Crippen LogP contribution < -0.4 is 15.8 Å². The average Bonchev–Trinajstić information content (AvgIpc) is 2.78. The van der Waals surface area contributed by atoms with Crippen molar-refractivity contribution in [3.05, 3.63) is 63.3 Å². The van der Waals surface area contributed by atoms with Crippen LogP contribution in [0, 0.1) is 18.7 Å². The molecule has 1 aliphatic heterocycles. The standard InChI is InChI=1S/C22H24F2N6O2/c1-3-25-22(32)16-6-7-17(20(24)27-16)30-10-8-29(9-11-30)12-14-4-5-15-19(18(14)23)28-21(31)13(2)26-15/h4-7H,3,8-12H2,1-2H3,(H,25,32)(H,28,31). The Morgan fingerprint density at radius 3 is 2.56 bits per heavy atom. The van der Waals surface area contributed by atoms with Crippen LogP contribution in [0.15, 0.2) is 29.1 Å². The molecule has 0 aliphatic carbocycles. The smallest absolute Gasteiger partial charge is 0.269 e. The van der Waals surface area contributed by atoms with Crippen molar-refractivity contribution in [2.75, 3.05) is 37.6 Å². The fourth-order valence-corrected chi connectivity index (χ4v) is 3.81. The predicted molar refractivity (Wildman–Crippen MR) is 117 cm³/mol. The minimum absolute atomic E-state index is 0.0428. The highest BCUT2D eigenvalue weighted by Crippen LogP contribution is 2.22. The zero-order valence-corrected chi connectivity index (χ0v) is 17.9. The predicted octanol–water partition coefficient (Wildman–Crippen LogP) is 1.98. The number of aromatic amines is 1. The zero-order valence-electron chi connectivity index (χ0n) is 17.9. The summed E-state index contributed by atoms with van der Waals surface area (Å²) in [5.41, 5.74) is 1.25. The molecule has 0 unspecified atom stereocenters. The van der Waals surface area contributed by atoms with Gasteiger partial charge in [-0.05, 0) is 32.0 Å². The molecular formula is C22H24F2N6O2. The molecule has 0 radical (unpaired) electrons. The molecule has 8 nitrogen and oxygen atoms in total. The molecule has 1 aliphatic rings. The van der Waals surface area contributed by atoms with Gasteiger partial charge < -0.3 is 15.2 Å². The molecule has 1 amide bonds. The lowest BCUT2D eigenvalue weighted by atomic mass is 10.1. The summed E-state index contributed by atoms with van der Waals surface area (Å²) in [7, 11) is 0. The van der Waals surface area contributed by atoms with Gasteiger partial charge in [0.25, 0.3) is 11.5 Å². The molecule has 32 heavy (non-hydrogen) atoms. The molecular weight excluding hydrogens is 418 g/mol. The van der Waals surface area contributed by atoms with Gasteiger partial charge in [0.2, 0.25) is 5.95 Å². The second-order valence-corrected chi connectivity index (χ2v) is 7.71. The van der Waals surface area contributed by atoms with Crippen LogP contribution in [0.1, 0.15) is 28.7 Å². The lowest BCUT2D eigenvalue weighted by Gasteiger charge is -2.36. The fourth-order valence-electron chi connectivity index (χ4n) is 3.81. The second-order valence-electron chi connectivity index (χ2n) is 7.71. The SMILES string of the molecule is CCNC(=O)c1ccc(N2CCN(Cc3ccc4nc(C)c(=O)[nH]c4c3F)CC2)c(F)n1. The molecule has 2 aromatic heterocycles. The van der Waals surface area contributed by atoms with E-state index in [0.29, 0.717) is 61.7 Å².